The van der Waals surface area contributed by atoms with Gasteiger partial charge in [0.15, 0.2) is 0 Å². The number of hydrogen-bond acceptors (Lipinski definition) is 3. The third-order valence-corrected chi connectivity index (χ3v) is 3.70. The van der Waals surface area contributed by atoms with E-state index >= 15 is 0 Å². The van der Waals surface area contributed by atoms with Crippen molar-refractivity contribution in [2.45, 2.75) is 59.2 Å². The van der Waals surface area contributed by atoms with Gasteiger partial charge >= 0.3 is 0 Å². The smallest absolute Gasteiger partial charge is 0.237 e. The van der Waals surface area contributed by atoms with Crippen molar-refractivity contribution >= 4 is 5.91 Å². The van der Waals surface area contributed by atoms with Crippen LogP contribution in [0, 0.1) is 0 Å². The minimum Gasteiger partial charge on any atom is -0.337 e. The van der Waals surface area contributed by atoms with Gasteiger partial charge in [-0.3, -0.25) is 9.69 Å². The Balaban J connectivity index is 2.59. The number of rotatable bonds is 6. The predicted molar refractivity (Wildman–Crippen MR) is 75.6 cm³/mol. The molecule has 0 aromatic rings. The maximum Gasteiger partial charge on any atom is 0.237 e. The van der Waals surface area contributed by atoms with Crippen molar-refractivity contribution in [3.8, 4) is 0 Å². The lowest BCUT2D eigenvalue weighted by Crippen LogP contribution is -2.49. The van der Waals surface area contributed by atoms with Crippen molar-refractivity contribution in [3.05, 3.63) is 0 Å². The second kappa shape index (κ2) is 7.10. The number of nitrogens with zero attached hydrogens (tertiary/aromatic N) is 2. The van der Waals surface area contributed by atoms with Crippen molar-refractivity contribution < 1.29 is 4.79 Å². The van der Waals surface area contributed by atoms with Crippen LogP contribution in [-0.4, -0.2) is 60.0 Å². The van der Waals surface area contributed by atoms with Gasteiger partial charge in [0.05, 0.1) is 6.54 Å². The largest absolute Gasteiger partial charge is 0.337 e. The molecule has 1 rings (SSSR count). The van der Waals surface area contributed by atoms with Crippen LogP contribution in [0.4, 0.5) is 0 Å². The fraction of sp³-hybridized carbons (Fsp3) is 0.929. The molecule has 1 heterocycles. The maximum atomic E-state index is 12.4. The Bertz CT molecular complexity index is 252. The highest BCUT2D eigenvalue weighted by Gasteiger charge is 2.26. The van der Waals surface area contributed by atoms with E-state index < -0.39 is 0 Å². The van der Waals surface area contributed by atoms with Gasteiger partial charge < -0.3 is 10.2 Å². The van der Waals surface area contributed by atoms with Crippen molar-refractivity contribution in [2.75, 3.05) is 26.2 Å². The molecule has 0 aliphatic carbocycles. The number of likely N-dealkylation sites (N-methyl/N-ethyl adjacent to an activating group) is 1. The summed E-state index contributed by atoms with van der Waals surface area (Å²) in [6.07, 6.45) is 1.16. The summed E-state index contributed by atoms with van der Waals surface area (Å²) >= 11 is 0. The van der Waals surface area contributed by atoms with Crippen LogP contribution in [-0.2, 0) is 4.79 Å². The van der Waals surface area contributed by atoms with Gasteiger partial charge in [-0.05, 0) is 47.2 Å². The van der Waals surface area contributed by atoms with E-state index in [2.05, 4.69) is 44.8 Å². The highest BCUT2D eigenvalue weighted by Crippen LogP contribution is 2.11. The van der Waals surface area contributed by atoms with Gasteiger partial charge in [0, 0.05) is 24.7 Å². The average Bonchev–Trinajstić information content (AvgIpc) is 2.77. The minimum atomic E-state index is 0.258. The summed E-state index contributed by atoms with van der Waals surface area (Å²) in [7, 11) is 0. The van der Waals surface area contributed by atoms with Crippen molar-refractivity contribution in [1.29, 1.82) is 0 Å². The van der Waals surface area contributed by atoms with Gasteiger partial charge in [-0.25, -0.2) is 0 Å². The van der Waals surface area contributed by atoms with Crippen molar-refractivity contribution in [2.24, 2.45) is 0 Å². The summed E-state index contributed by atoms with van der Waals surface area (Å²) < 4.78 is 0. The first-order valence-corrected chi connectivity index (χ1v) is 7.23. The highest BCUT2D eigenvalue weighted by molar-refractivity contribution is 5.78. The second-order valence-electron chi connectivity index (χ2n) is 5.70. The Kier molecular flexibility index (Phi) is 6.09. The second-order valence-corrected chi connectivity index (χ2v) is 5.70. The summed E-state index contributed by atoms with van der Waals surface area (Å²) in [5.41, 5.74) is 0. The molecule has 1 unspecified atom stereocenters. The molecule has 106 valence electrons. The number of hydrogen-bond donors (Lipinski definition) is 1. The van der Waals surface area contributed by atoms with Gasteiger partial charge in [0.25, 0.3) is 0 Å². The quantitative estimate of drug-likeness (QED) is 0.777. The molecular formula is C14H29N3O. The molecule has 0 radical (unpaired) electrons. The topological polar surface area (TPSA) is 35.6 Å². The molecule has 1 amide bonds. The highest BCUT2D eigenvalue weighted by atomic mass is 16.2. The lowest BCUT2D eigenvalue weighted by Gasteiger charge is -2.34. The van der Waals surface area contributed by atoms with E-state index in [9.17, 15) is 4.79 Å². The molecule has 1 atom stereocenters. The number of nitrogens with one attached hydrogen (secondary N) is 1. The van der Waals surface area contributed by atoms with Crippen LogP contribution >= 0.6 is 0 Å². The summed E-state index contributed by atoms with van der Waals surface area (Å²) in [5.74, 6) is 0.258. The summed E-state index contributed by atoms with van der Waals surface area (Å²) in [6.45, 7) is 14.1. The lowest BCUT2D eigenvalue weighted by atomic mass is 10.2. The monoisotopic (exact) mass is 255 g/mol. The van der Waals surface area contributed by atoms with E-state index in [0.29, 0.717) is 12.6 Å². The Hall–Kier alpha value is -0.610. The van der Waals surface area contributed by atoms with Gasteiger partial charge in [0.1, 0.15) is 0 Å². The van der Waals surface area contributed by atoms with Crippen LogP contribution in [0.2, 0.25) is 0 Å². The third-order valence-electron chi connectivity index (χ3n) is 3.70. The molecule has 4 nitrogen and oxygen atoms in total. The standard InChI is InChI=1S/C14H29N3O/c1-6-16(13-7-8-15-9-13)10-14(18)17(11(2)3)12(4)5/h11-13,15H,6-10H2,1-5H3. The molecule has 4 heteroatoms. The first-order valence-electron chi connectivity index (χ1n) is 7.23. The summed E-state index contributed by atoms with van der Waals surface area (Å²) in [5, 5.41) is 3.37. The molecule has 1 aliphatic heterocycles. The van der Waals surface area contributed by atoms with Gasteiger partial charge in [0.2, 0.25) is 5.91 Å². The van der Waals surface area contributed by atoms with E-state index in [0.717, 1.165) is 26.1 Å². The fourth-order valence-electron chi connectivity index (χ4n) is 2.88. The number of carbonyl (C=O) groups is 1. The number of carbonyl (C=O) groups excluding carboxylic acids is 1. The first kappa shape index (κ1) is 15.4. The Labute approximate surface area is 112 Å². The van der Waals surface area contributed by atoms with E-state index in [1.807, 2.05) is 4.90 Å². The molecule has 0 bridgehead atoms. The molecule has 18 heavy (non-hydrogen) atoms. The summed E-state index contributed by atoms with van der Waals surface area (Å²) in [6, 6.07) is 1.08. The van der Waals surface area contributed by atoms with E-state index in [4.69, 9.17) is 0 Å². The minimum absolute atomic E-state index is 0.258. The normalized spacial score (nSPS) is 20.1. The van der Waals surface area contributed by atoms with Crippen molar-refractivity contribution in [1.82, 2.24) is 15.1 Å². The van der Waals surface area contributed by atoms with Crippen LogP contribution in [0.5, 0.6) is 0 Å². The molecule has 1 aliphatic rings. The van der Waals surface area contributed by atoms with E-state index in [1.165, 1.54) is 0 Å². The number of amides is 1. The molecule has 1 fully saturated rings. The van der Waals surface area contributed by atoms with E-state index in [1.54, 1.807) is 0 Å². The van der Waals surface area contributed by atoms with Crippen LogP contribution in [0.1, 0.15) is 41.0 Å². The molecule has 0 aromatic carbocycles. The molecule has 1 saturated heterocycles. The SMILES string of the molecule is CCN(CC(=O)N(C(C)C)C(C)C)C1CCNC1. The van der Waals surface area contributed by atoms with Crippen LogP contribution in [0.25, 0.3) is 0 Å². The molecule has 0 aromatic heterocycles. The van der Waals surface area contributed by atoms with Crippen LogP contribution < -0.4 is 5.32 Å². The van der Waals surface area contributed by atoms with Gasteiger partial charge in [-0.1, -0.05) is 6.92 Å². The average molecular weight is 255 g/mol. The zero-order valence-corrected chi connectivity index (χ0v) is 12.6. The first-order chi connectivity index (χ1) is 8.47. The Morgan fingerprint density at radius 2 is 1.89 bits per heavy atom. The van der Waals surface area contributed by atoms with E-state index in [-0.39, 0.29) is 18.0 Å². The molecule has 1 N–H and O–H groups in total. The maximum absolute atomic E-state index is 12.4. The predicted octanol–water partition coefficient (Wildman–Crippen LogP) is 1.32. The molecule has 0 spiro atoms. The van der Waals surface area contributed by atoms with Crippen LogP contribution in [0.15, 0.2) is 0 Å². The Morgan fingerprint density at radius 1 is 1.28 bits per heavy atom. The molecular weight excluding hydrogens is 226 g/mol. The van der Waals surface area contributed by atoms with Gasteiger partial charge in [-0.2, -0.15) is 0 Å². The van der Waals surface area contributed by atoms with Crippen molar-refractivity contribution in [3.63, 3.8) is 0 Å². The van der Waals surface area contributed by atoms with Gasteiger partial charge in [-0.15, -0.1) is 0 Å². The summed E-state index contributed by atoms with van der Waals surface area (Å²) in [4.78, 5) is 16.7. The lowest BCUT2D eigenvalue weighted by molar-refractivity contribution is -0.136. The molecule has 0 saturated carbocycles. The third kappa shape index (κ3) is 3.95. The Morgan fingerprint density at radius 3 is 2.28 bits per heavy atom. The zero-order chi connectivity index (χ0) is 13.7. The van der Waals surface area contributed by atoms with Crippen LogP contribution in [0.3, 0.4) is 0 Å². The fourth-order valence-corrected chi connectivity index (χ4v) is 2.88. The zero-order valence-electron chi connectivity index (χ0n) is 12.6.